The molecule has 0 amide bonds. The monoisotopic (exact) mass is 393 g/mol. The van der Waals surface area contributed by atoms with Crippen molar-refractivity contribution in [1.82, 2.24) is 15.6 Å². The molecular formula is C19H27N3O2S2. The van der Waals surface area contributed by atoms with Gasteiger partial charge in [-0.25, -0.2) is 18.6 Å². The van der Waals surface area contributed by atoms with Crippen LogP contribution in [0.1, 0.15) is 53.1 Å². The van der Waals surface area contributed by atoms with Crippen molar-refractivity contribution in [2.45, 2.75) is 57.0 Å². The van der Waals surface area contributed by atoms with Gasteiger partial charge in [0.15, 0.2) is 0 Å². The summed E-state index contributed by atoms with van der Waals surface area (Å²) in [6.07, 6.45) is 0.875. The van der Waals surface area contributed by atoms with Crippen LogP contribution >= 0.6 is 11.3 Å². The minimum Gasteiger partial charge on any atom is -0.254 e. The molecule has 1 saturated heterocycles. The highest BCUT2D eigenvalue weighted by Crippen LogP contribution is 2.38. The molecule has 0 spiro atoms. The van der Waals surface area contributed by atoms with Crippen molar-refractivity contribution in [3.05, 3.63) is 51.2 Å². The van der Waals surface area contributed by atoms with E-state index in [1.165, 1.54) is 0 Å². The van der Waals surface area contributed by atoms with Crippen LogP contribution in [0, 0.1) is 13.8 Å². The van der Waals surface area contributed by atoms with Gasteiger partial charge in [-0.15, -0.1) is 11.3 Å². The molecule has 5 nitrogen and oxygen atoms in total. The first-order chi connectivity index (χ1) is 12.3. The van der Waals surface area contributed by atoms with E-state index in [2.05, 4.69) is 22.5 Å². The second kappa shape index (κ2) is 7.78. The molecule has 1 aromatic heterocycles. The van der Waals surface area contributed by atoms with E-state index < -0.39 is 10.0 Å². The van der Waals surface area contributed by atoms with Gasteiger partial charge in [-0.3, -0.25) is 5.43 Å². The van der Waals surface area contributed by atoms with Crippen LogP contribution in [0.25, 0.3) is 0 Å². The smallest absolute Gasteiger partial charge is 0.242 e. The predicted molar refractivity (Wildman–Crippen MR) is 107 cm³/mol. The van der Waals surface area contributed by atoms with E-state index in [1.54, 1.807) is 11.3 Å². The molecule has 26 heavy (non-hydrogen) atoms. The maximum Gasteiger partial charge on any atom is 0.242 e. The Balaban J connectivity index is 1.83. The van der Waals surface area contributed by atoms with E-state index in [4.69, 9.17) is 0 Å². The zero-order chi connectivity index (χ0) is 18.9. The molecule has 0 bridgehead atoms. The number of benzene rings is 1. The summed E-state index contributed by atoms with van der Waals surface area (Å²) in [7, 11) is -3.57. The van der Waals surface area contributed by atoms with Crippen molar-refractivity contribution in [3.8, 4) is 0 Å². The Kier molecular flexibility index (Phi) is 5.84. The maximum atomic E-state index is 13.1. The number of nitrogens with one attached hydrogen (secondary N) is 3. The lowest BCUT2D eigenvalue weighted by Gasteiger charge is -2.17. The molecule has 1 aliphatic rings. The van der Waals surface area contributed by atoms with Crippen LogP contribution in [-0.4, -0.2) is 21.0 Å². The first-order valence-electron chi connectivity index (χ1n) is 8.95. The lowest BCUT2D eigenvalue weighted by Crippen LogP contribution is -2.31. The number of hydrogen-bond acceptors (Lipinski definition) is 5. The molecule has 2 heterocycles. The lowest BCUT2D eigenvalue weighted by molar-refractivity contribution is 0.548. The highest BCUT2D eigenvalue weighted by molar-refractivity contribution is 7.89. The van der Waals surface area contributed by atoms with Crippen molar-refractivity contribution < 1.29 is 8.42 Å². The van der Waals surface area contributed by atoms with Crippen LogP contribution in [0.4, 0.5) is 0 Å². The number of sulfonamides is 1. The fraction of sp³-hybridized carbons (Fsp3) is 0.474. The van der Waals surface area contributed by atoms with E-state index >= 15 is 0 Å². The summed E-state index contributed by atoms with van der Waals surface area (Å²) in [6, 6.07) is 10.3. The normalized spacial score (nSPS) is 21.8. The molecule has 3 unspecified atom stereocenters. The first-order valence-corrected chi connectivity index (χ1v) is 11.2. The average molecular weight is 394 g/mol. The van der Waals surface area contributed by atoms with Crippen LogP contribution < -0.4 is 15.6 Å². The molecule has 3 rings (SSSR count). The number of hydrogen-bond donors (Lipinski definition) is 3. The summed E-state index contributed by atoms with van der Waals surface area (Å²) >= 11 is 1.55. The maximum absolute atomic E-state index is 13.1. The fourth-order valence-corrected chi connectivity index (χ4v) is 6.64. The molecule has 0 aliphatic carbocycles. The van der Waals surface area contributed by atoms with Crippen molar-refractivity contribution in [3.63, 3.8) is 0 Å². The largest absolute Gasteiger partial charge is 0.254 e. The van der Waals surface area contributed by atoms with Crippen LogP contribution in [0.2, 0.25) is 0 Å². The van der Waals surface area contributed by atoms with Gasteiger partial charge < -0.3 is 0 Å². The number of thiophene rings is 1. The minimum atomic E-state index is -3.57. The lowest BCUT2D eigenvalue weighted by atomic mass is 10.0. The summed E-state index contributed by atoms with van der Waals surface area (Å²) in [5.41, 5.74) is 8.47. The van der Waals surface area contributed by atoms with Crippen molar-refractivity contribution in [2.24, 2.45) is 0 Å². The Morgan fingerprint density at radius 3 is 2.50 bits per heavy atom. The zero-order valence-electron chi connectivity index (χ0n) is 15.7. The van der Waals surface area contributed by atoms with E-state index in [0.717, 1.165) is 27.3 Å². The van der Waals surface area contributed by atoms with E-state index in [9.17, 15) is 8.42 Å². The quantitative estimate of drug-likeness (QED) is 0.704. The standard InChI is InChI=1S/C19H27N3O2S2/c1-12(16-8-6-5-7-9-16)11-20-26(23,24)19-15(4)25-14(3)18(19)17-10-13(2)21-22-17/h5-9,12-13,17,20-22H,10-11H2,1-4H3. The molecule has 3 N–H and O–H groups in total. The van der Waals surface area contributed by atoms with E-state index in [-0.39, 0.29) is 12.0 Å². The third-order valence-electron chi connectivity index (χ3n) is 4.91. The highest BCUT2D eigenvalue weighted by atomic mass is 32.2. The Bertz CT molecular complexity index is 862. The van der Waals surface area contributed by atoms with E-state index in [0.29, 0.717) is 17.5 Å². The highest BCUT2D eigenvalue weighted by Gasteiger charge is 2.33. The van der Waals surface area contributed by atoms with Crippen molar-refractivity contribution in [2.75, 3.05) is 6.54 Å². The van der Waals surface area contributed by atoms with Gasteiger partial charge in [0.25, 0.3) is 0 Å². The SMILES string of the molecule is Cc1sc(C)c(S(=O)(=O)NCC(C)c2ccccc2)c1C1CC(C)NN1. The summed E-state index contributed by atoms with van der Waals surface area (Å²) in [4.78, 5) is 2.36. The Labute approximate surface area is 160 Å². The molecule has 0 saturated carbocycles. The van der Waals surface area contributed by atoms with Gasteiger partial charge in [0.05, 0.1) is 6.04 Å². The average Bonchev–Trinajstić information content (AvgIpc) is 3.16. The van der Waals surface area contributed by atoms with Gasteiger partial charge in [-0.05, 0) is 38.7 Å². The van der Waals surface area contributed by atoms with Crippen LogP contribution in [-0.2, 0) is 10.0 Å². The third-order valence-corrected chi connectivity index (χ3v) is 7.68. The number of hydrazine groups is 1. The van der Waals surface area contributed by atoms with Crippen LogP contribution in [0.5, 0.6) is 0 Å². The van der Waals surface area contributed by atoms with Gasteiger partial charge in [-0.2, -0.15) is 0 Å². The molecule has 1 aliphatic heterocycles. The second-order valence-corrected chi connectivity index (χ2v) is 10.2. The summed E-state index contributed by atoms with van der Waals surface area (Å²) < 4.78 is 29.1. The predicted octanol–water partition coefficient (Wildman–Crippen LogP) is 3.37. The fourth-order valence-electron chi connectivity index (χ4n) is 3.53. The molecule has 2 aromatic rings. The van der Waals surface area contributed by atoms with Gasteiger partial charge in [0.2, 0.25) is 10.0 Å². The summed E-state index contributed by atoms with van der Waals surface area (Å²) in [6.45, 7) is 8.41. The van der Waals surface area contributed by atoms with Gasteiger partial charge in [0, 0.05) is 27.9 Å². The summed E-state index contributed by atoms with van der Waals surface area (Å²) in [5.74, 6) is 0.112. The molecule has 142 valence electrons. The number of aryl methyl sites for hydroxylation is 2. The van der Waals surface area contributed by atoms with Gasteiger partial charge in [0.1, 0.15) is 4.90 Å². The van der Waals surface area contributed by atoms with Crippen molar-refractivity contribution in [1.29, 1.82) is 0 Å². The van der Waals surface area contributed by atoms with Gasteiger partial charge in [-0.1, -0.05) is 37.3 Å². The minimum absolute atomic E-state index is 0.0214. The van der Waals surface area contributed by atoms with E-state index in [1.807, 2.05) is 51.1 Å². The van der Waals surface area contributed by atoms with Gasteiger partial charge >= 0.3 is 0 Å². The molecular weight excluding hydrogens is 366 g/mol. The molecule has 1 fully saturated rings. The first kappa shape index (κ1) is 19.5. The Morgan fingerprint density at radius 2 is 1.88 bits per heavy atom. The zero-order valence-corrected chi connectivity index (χ0v) is 17.3. The Hall–Kier alpha value is -1.25. The molecule has 0 radical (unpaired) electrons. The molecule has 1 aromatic carbocycles. The molecule has 7 heteroatoms. The van der Waals surface area contributed by atoms with Crippen LogP contribution in [0.15, 0.2) is 35.2 Å². The third kappa shape index (κ3) is 4.02. The van der Waals surface area contributed by atoms with Crippen LogP contribution in [0.3, 0.4) is 0 Å². The summed E-state index contributed by atoms with van der Waals surface area (Å²) in [5, 5.41) is 0. The van der Waals surface area contributed by atoms with Crippen molar-refractivity contribution >= 4 is 21.4 Å². The molecule has 3 atom stereocenters. The second-order valence-electron chi connectivity index (χ2n) is 7.10. The Morgan fingerprint density at radius 1 is 1.19 bits per heavy atom. The topological polar surface area (TPSA) is 70.2 Å². The number of rotatable bonds is 6.